The molecular formula is C17H19NO2. The first kappa shape index (κ1) is 13.2. The first-order valence-corrected chi connectivity index (χ1v) is 7.02. The quantitative estimate of drug-likeness (QED) is 0.925. The van der Waals surface area contributed by atoms with Crippen molar-refractivity contribution in [2.75, 3.05) is 26.3 Å². The second-order valence-corrected chi connectivity index (χ2v) is 4.90. The minimum Gasteiger partial charge on any atom is -0.491 e. The molecule has 0 unspecified atom stereocenters. The first-order chi connectivity index (χ1) is 9.92. The van der Waals surface area contributed by atoms with Crippen LogP contribution in [0.5, 0.6) is 5.75 Å². The summed E-state index contributed by atoms with van der Waals surface area (Å²) in [4.78, 5) is 0. The molecule has 2 aromatic rings. The lowest BCUT2D eigenvalue weighted by Gasteiger charge is -2.23. The van der Waals surface area contributed by atoms with Crippen LogP contribution < -0.4 is 10.1 Å². The molecule has 1 atom stereocenters. The molecule has 3 nitrogen and oxygen atoms in total. The molecule has 1 aliphatic heterocycles. The van der Waals surface area contributed by atoms with E-state index in [9.17, 15) is 0 Å². The molecule has 0 aliphatic carbocycles. The Balaban J connectivity index is 1.58. The standard InChI is InChI=1S/C17H19NO2/c1-2-4-14(5-3-1)15-6-8-16(9-7-15)20-13-17-12-18-10-11-19-17/h1-9,17-18H,10-13H2/t17-/m0/s1. The van der Waals surface area contributed by atoms with Crippen molar-refractivity contribution in [1.82, 2.24) is 5.32 Å². The molecule has 0 spiro atoms. The largest absolute Gasteiger partial charge is 0.491 e. The molecule has 0 amide bonds. The zero-order valence-electron chi connectivity index (χ0n) is 11.4. The third-order valence-corrected chi connectivity index (χ3v) is 3.40. The van der Waals surface area contributed by atoms with Crippen LogP contribution in [0.3, 0.4) is 0 Å². The number of benzene rings is 2. The minimum atomic E-state index is 0.151. The molecule has 0 radical (unpaired) electrons. The fraction of sp³-hybridized carbons (Fsp3) is 0.294. The van der Waals surface area contributed by atoms with Crippen molar-refractivity contribution in [3.8, 4) is 16.9 Å². The highest BCUT2D eigenvalue weighted by atomic mass is 16.5. The van der Waals surface area contributed by atoms with Gasteiger partial charge >= 0.3 is 0 Å². The zero-order valence-corrected chi connectivity index (χ0v) is 11.4. The summed E-state index contributed by atoms with van der Waals surface area (Å²) in [6, 6.07) is 18.5. The van der Waals surface area contributed by atoms with Gasteiger partial charge in [0.2, 0.25) is 0 Å². The normalized spacial score (nSPS) is 18.7. The maximum absolute atomic E-state index is 5.77. The molecule has 104 valence electrons. The average Bonchev–Trinajstić information content (AvgIpc) is 2.55. The van der Waals surface area contributed by atoms with Crippen LogP contribution in [0, 0.1) is 0 Å². The number of hydrogen-bond donors (Lipinski definition) is 1. The van der Waals surface area contributed by atoms with E-state index in [4.69, 9.17) is 9.47 Å². The van der Waals surface area contributed by atoms with Crippen molar-refractivity contribution >= 4 is 0 Å². The first-order valence-electron chi connectivity index (χ1n) is 7.02. The highest BCUT2D eigenvalue weighted by Gasteiger charge is 2.13. The zero-order chi connectivity index (χ0) is 13.6. The van der Waals surface area contributed by atoms with Crippen molar-refractivity contribution in [2.24, 2.45) is 0 Å². The lowest BCUT2D eigenvalue weighted by molar-refractivity contribution is 0.000198. The fourth-order valence-corrected chi connectivity index (χ4v) is 2.29. The highest BCUT2D eigenvalue weighted by Crippen LogP contribution is 2.22. The number of hydrogen-bond acceptors (Lipinski definition) is 3. The minimum absolute atomic E-state index is 0.151. The molecule has 0 aromatic heterocycles. The molecule has 0 saturated carbocycles. The van der Waals surface area contributed by atoms with Crippen molar-refractivity contribution in [3.05, 3.63) is 54.6 Å². The summed E-state index contributed by atoms with van der Waals surface area (Å²) in [5.74, 6) is 0.888. The third-order valence-electron chi connectivity index (χ3n) is 3.40. The van der Waals surface area contributed by atoms with Gasteiger partial charge in [-0.25, -0.2) is 0 Å². The summed E-state index contributed by atoms with van der Waals surface area (Å²) >= 11 is 0. The molecule has 1 heterocycles. The van der Waals surface area contributed by atoms with E-state index in [1.807, 2.05) is 30.3 Å². The molecule has 1 aliphatic rings. The predicted molar refractivity (Wildman–Crippen MR) is 80.0 cm³/mol. The third kappa shape index (κ3) is 3.38. The molecule has 2 aromatic carbocycles. The lowest BCUT2D eigenvalue weighted by Crippen LogP contribution is -2.41. The van der Waals surface area contributed by atoms with Gasteiger partial charge in [-0.15, -0.1) is 0 Å². The number of nitrogens with one attached hydrogen (secondary N) is 1. The van der Waals surface area contributed by atoms with E-state index in [-0.39, 0.29) is 6.10 Å². The van der Waals surface area contributed by atoms with E-state index in [1.165, 1.54) is 11.1 Å². The maximum atomic E-state index is 5.77. The van der Waals surface area contributed by atoms with Gasteiger partial charge in [0.15, 0.2) is 0 Å². The maximum Gasteiger partial charge on any atom is 0.119 e. The summed E-state index contributed by atoms with van der Waals surface area (Å²) in [5, 5.41) is 3.30. The van der Waals surface area contributed by atoms with E-state index in [0.717, 1.165) is 25.4 Å². The van der Waals surface area contributed by atoms with Gasteiger partial charge in [-0.05, 0) is 23.3 Å². The molecule has 20 heavy (non-hydrogen) atoms. The van der Waals surface area contributed by atoms with Crippen LogP contribution >= 0.6 is 0 Å². The summed E-state index contributed by atoms with van der Waals surface area (Å²) < 4.78 is 11.4. The molecule has 1 N–H and O–H groups in total. The molecule has 3 rings (SSSR count). The Morgan fingerprint density at radius 2 is 1.75 bits per heavy atom. The van der Waals surface area contributed by atoms with E-state index < -0.39 is 0 Å². The van der Waals surface area contributed by atoms with Crippen LogP contribution in [0.2, 0.25) is 0 Å². The van der Waals surface area contributed by atoms with Gasteiger partial charge < -0.3 is 14.8 Å². The number of rotatable bonds is 4. The molecule has 1 saturated heterocycles. The van der Waals surface area contributed by atoms with Crippen molar-refractivity contribution in [3.63, 3.8) is 0 Å². The van der Waals surface area contributed by atoms with Crippen LogP contribution in [0.4, 0.5) is 0 Å². The summed E-state index contributed by atoms with van der Waals surface area (Å²) in [6.45, 7) is 3.16. The van der Waals surface area contributed by atoms with Crippen LogP contribution in [0.25, 0.3) is 11.1 Å². The smallest absolute Gasteiger partial charge is 0.119 e. The van der Waals surface area contributed by atoms with Crippen LogP contribution in [-0.4, -0.2) is 32.4 Å². The number of ether oxygens (including phenoxy) is 2. The Kier molecular flexibility index (Phi) is 4.31. The average molecular weight is 269 g/mol. The second-order valence-electron chi connectivity index (χ2n) is 4.90. The van der Waals surface area contributed by atoms with Gasteiger partial charge in [0.05, 0.1) is 6.61 Å². The van der Waals surface area contributed by atoms with E-state index in [1.54, 1.807) is 0 Å². The van der Waals surface area contributed by atoms with Crippen LogP contribution in [-0.2, 0) is 4.74 Å². The van der Waals surface area contributed by atoms with Gasteiger partial charge in [0, 0.05) is 13.1 Å². The van der Waals surface area contributed by atoms with Gasteiger partial charge in [0.25, 0.3) is 0 Å². The molecule has 0 bridgehead atoms. The SMILES string of the molecule is c1ccc(-c2ccc(OC[C@@H]3CNCCO3)cc2)cc1. The van der Waals surface area contributed by atoms with Crippen LogP contribution in [0.15, 0.2) is 54.6 Å². The summed E-state index contributed by atoms with van der Waals surface area (Å²) in [7, 11) is 0. The summed E-state index contributed by atoms with van der Waals surface area (Å²) in [5.41, 5.74) is 2.42. The topological polar surface area (TPSA) is 30.5 Å². The molecular weight excluding hydrogens is 250 g/mol. The fourth-order valence-electron chi connectivity index (χ4n) is 2.29. The van der Waals surface area contributed by atoms with Crippen molar-refractivity contribution in [1.29, 1.82) is 0 Å². The Bertz CT molecular complexity index is 518. The highest BCUT2D eigenvalue weighted by molar-refractivity contribution is 5.63. The molecule has 1 fully saturated rings. The van der Waals surface area contributed by atoms with Gasteiger partial charge in [-0.3, -0.25) is 0 Å². The Morgan fingerprint density at radius 1 is 1.00 bits per heavy atom. The van der Waals surface area contributed by atoms with Crippen molar-refractivity contribution in [2.45, 2.75) is 6.10 Å². The lowest BCUT2D eigenvalue weighted by atomic mass is 10.1. The van der Waals surface area contributed by atoms with Gasteiger partial charge in [-0.1, -0.05) is 42.5 Å². The summed E-state index contributed by atoms with van der Waals surface area (Å²) in [6.07, 6.45) is 0.151. The molecule has 3 heteroatoms. The predicted octanol–water partition coefficient (Wildman–Crippen LogP) is 2.72. The van der Waals surface area contributed by atoms with Gasteiger partial charge in [-0.2, -0.15) is 0 Å². The van der Waals surface area contributed by atoms with E-state index >= 15 is 0 Å². The Hall–Kier alpha value is -1.84. The van der Waals surface area contributed by atoms with Crippen LogP contribution in [0.1, 0.15) is 0 Å². The van der Waals surface area contributed by atoms with Crippen molar-refractivity contribution < 1.29 is 9.47 Å². The Labute approximate surface area is 119 Å². The van der Waals surface area contributed by atoms with E-state index in [0.29, 0.717) is 6.61 Å². The van der Waals surface area contributed by atoms with Gasteiger partial charge in [0.1, 0.15) is 18.5 Å². The monoisotopic (exact) mass is 269 g/mol. The Morgan fingerprint density at radius 3 is 2.45 bits per heavy atom. The number of morpholine rings is 1. The second kappa shape index (κ2) is 6.55. The van der Waals surface area contributed by atoms with E-state index in [2.05, 4.69) is 29.6 Å².